The average Bonchev–Trinajstić information content (AvgIpc) is 3.49. The number of amidine groups is 2. The number of rotatable bonds is 6. The van der Waals surface area contributed by atoms with Crippen molar-refractivity contribution >= 4 is 50.7 Å². The van der Waals surface area contributed by atoms with Crippen molar-refractivity contribution in [1.82, 2.24) is 9.58 Å². The van der Waals surface area contributed by atoms with Crippen LogP contribution in [0, 0.1) is 19.3 Å². The van der Waals surface area contributed by atoms with Crippen molar-refractivity contribution in [3.63, 3.8) is 0 Å². The number of fused-ring (bicyclic) bond motifs is 2. The largest absolute Gasteiger partial charge is 0.486 e. The van der Waals surface area contributed by atoms with Gasteiger partial charge in [0.1, 0.15) is 17.4 Å². The number of hydrazone groups is 1. The zero-order chi connectivity index (χ0) is 26.2. The minimum absolute atomic E-state index is 0.00845. The van der Waals surface area contributed by atoms with E-state index in [-0.39, 0.29) is 18.0 Å². The second kappa shape index (κ2) is 9.79. The molecular formula is C30H25N5O2S. The first-order chi connectivity index (χ1) is 18.5. The number of thioether (sulfide) groups is 1. The number of amides is 1. The van der Waals surface area contributed by atoms with Crippen LogP contribution in [0.3, 0.4) is 0 Å². The minimum Gasteiger partial charge on any atom is -0.486 e. The smallest absolute Gasteiger partial charge is 0.283 e. The quantitative estimate of drug-likeness (QED) is 0.317. The summed E-state index contributed by atoms with van der Waals surface area (Å²) in [5.74, 6) is 0.339. The number of nitrogens with one attached hydrogen (secondary N) is 1. The van der Waals surface area contributed by atoms with E-state index in [1.165, 1.54) is 27.9 Å². The molecule has 8 heteroatoms. The zero-order valence-corrected chi connectivity index (χ0v) is 21.8. The Labute approximate surface area is 224 Å². The number of ether oxygens (including phenoxy) is 1. The molecule has 0 unspecified atom stereocenters. The monoisotopic (exact) mass is 519 g/mol. The van der Waals surface area contributed by atoms with Gasteiger partial charge in [-0.25, -0.2) is 0 Å². The summed E-state index contributed by atoms with van der Waals surface area (Å²) < 4.78 is 8.09. The molecule has 0 bridgehead atoms. The van der Waals surface area contributed by atoms with Gasteiger partial charge in [-0.1, -0.05) is 60.7 Å². The number of benzene rings is 3. The number of aliphatic imine (C=N–C) groups is 1. The summed E-state index contributed by atoms with van der Waals surface area (Å²) in [6.07, 6.45) is 3.79. The fraction of sp³-hybridized carbons (Fsp3) is 0.133. The van der Waals surface area contributed by atoms with Crippen molar-refractivity contribution in [1.29, 1.82) is 5.41 Å². The highest BCUT2D eigenvalue weighted by molar-refractivity contribution is 8.27. The van der Waals surface area contributed by atoms with Crippen LogP contribution in [0.15, 0.2) is 94.7 Å². The summed E-state index contributed by atoms with van der Waals surface area (Å²) in [7, 11) is 0. The van der Waals surface area contributed by atoms with Gasteiger partial charge in [0.05, 0.1) is 5.57 Å². The second-order valence-corrected chi connectivity index (χ2v) is 10.3. The molecule has 4 aromatic rings. The molecule has 2 aliphatic heterocycles. The molecule has 3 heterocycles. The fourth-order valence-electron chi connectivity index (χ4n) is 4.60. The first-order valence-corrected chi connectivity index (χ1v) is 13.1. The molecule has 1 aromatic heterocycles. The maximum atomic E-state index is 13.0. The van der Waals surface area contributed by atoms with Gasteiger partial charge in [0, 0.05) is 29.2 Å². The maximum absolute atomic E-state index is 13.0. The molecule has 188 valence electrons. The third-order valence-corrected chi connectivity index (χ3v) is 7.54. The number of hydrogen-bond acceptors (Lipinski definition) is 5. The third-order valence-electron chi connectivity index (χ3n) is 6.66. The first-order valence-electron chi connectivity index (χ1n) is 12.3. The Balaban J connectivity index is 1.29. The Kier molecular flexibility index (Phi) is 6.17. The van der Waals surface area contributed by atoms with Gasteiger partial charge in [0.15, 0.2) is 5.84 Å². The molecule has 0 radical (unpaired) electrons. The van der Waals surface area contributed by atoms with Crippen LogP contribution in [0.25, 0.3) is 17.0 Å². The highest BCUT2D eigenvalue weighted by atomic mass is 32.2. The topological polar surface area (TPSA) is 83.0 Å². The summed E-state index contributed by atoms with van der Waals surface area (Å²) in [5.41, 5.74) is 5.61. The Morgan fingerprint density at radius 2 is 1.71 bits per heavy atom. The molecule has 0 atom stereocenters. The summed E-state index contributed by atoms with van der Waals surface area (Å²) in [5, 5.41) is 16.8. The Bertz CT molecular complexity index is 1700. The highest BCUT2D eigenvalue weighted by Crippen LogP contribution is 2.31. The summed E-state index contributed by atoms with van der Waals surface area (Å²) >= 11 is 1.25. The van der Waals surface area contributed by atoms with Crippen LogP contribution < -0.4 is 4.74 Å². The minimum atomic E-state index is -0.444. The van der Waals surface area contributed by atoms with Gasteiger partial charge in [0.25, 0.3) is 5.91 Å². The Hall–Kier alpha value is -4.43. The number of aryl methyl sites for hydroxylation is 2. The number of carbonyl (C=O) groups excluding carboxylic acids is 1. The molecule has 2 aliphatic rings. The summed E-state index contributed by atoms with van der Waals surface area (Å²) in [6, 6.07) is 24.2. The van der Waals surface area contributed by atoms with E-state index in [4.69, 9.17) is 10.1 Å². The second-order valence-electron chi connectivity index (χ2n) is 9.22. The number of para-hydroxylation sites is 2. The fourth-order valence-corrected chi connectivity index (χ4v) is 5.39. The number of carbonyl (C=O) groups is 1. The van der Waals surface area contributed by atoms with Crippen molar-refractivity contribution in [2.75, 3.05) is 6.61 Å². The standard InChI is InChI=1S/C30H25N5O2S/c1-19-9-3-5-11-21(19)16-34-17-22(23-12-6-7-13-25(23)34)15-24-28(31)35-30(32-29(24)36)38-27(33-35)18-37-26-14-8-4-10-20(26)2/h3-15,17,31H,16,18H2,1-2H3/b24-15-,31-28?. The van der Waals surface area contributed by atoms with Gasteiger partial charge in [-0.2, -0.15) is 15.1 Å². The molecule has 3 aromatic carbocycles. The lowest BCUT2D eigenvalue weighted by Crippen LogP contribution is -2.35. The molecule has 7 nitrogen and oxygen atoms in total. The normalized spacial score (nSPS) is 16.2. The maximum Gasteiger partial charge on any atom is 0.283 e. The van der Waals surface area contributed by atoms with E-state index in [2.05, 4.69) is 39.8 Å². The van der Waals surface area contributed by atoms with Gasteiger partial charge in [-0.05, 0) is 60.5 Å². The van der Waals surface area contributed by atoms with Gasteiger partial charge < -0.3 is 9.30 Å². The van der Waals surface area contributed by atoms with E-state index in [1.807, 2.05) is 67.7 Å². The van der Waals surface area contributed by atoms with E-state index in [0.717, 1.165) is 27.8 Å². The van der Waals surface area contributed by atoms with Crippen LogP contribution >= 0.6 is 11.8 Å². The van der Waals surface area contributed by atoms with Crippen molar-refractivity contribution in [2.24, 2.45) is 10.1 Å². The van der Waals surface area contributed by atoms with Gasteiger partial charge in [-0.3, -0.25) is 10.2 Å². The SMILES string of the molecule is Cc1ccccc1Cn1cc(/C=C2/C(=N)N3N=C(COc4ccccc4C)SC3=NC2=O)c2ccccc21. The van der Waals surface area contributed by atoms with Crippen molar-refractivity contribution in [2.45, 2.75) is 20.4 Å². The third kappa shape index (κ3) is 4.43. The van der Waals surface area contributed by atoms with Gasteiger partial charge in [0.2, 0.25) is 5.17 Å². The van der Waals surface area contributed by atoms with Crippen LogP contribution in [0.1, 0.15) is 22.3 Å². The van der Waals surface area contributed by atoms with Crippen LogP contribution in [-0.2, 0) is 11.3 Å². The summed E-state index contributed by atoms with van der Waals surface area (Å²) in [6.45, 7) is 5.03. The van der Waals surface area contributed by atoms with Crippen LogP contribution in [-0.4, -0.2) is 38.1 Å². The van der Waals surface area contributed by atoms with Crippen LogP contribution in [0.2, 0.25) is 0 Å². The molecule has 0 saturated carbocycles. The average molecular weight is 520 g/mol. The highest BCUT2D eigenvalue weighted by Gasteiger charge is 2.36. The van der Waals surface area contributed by atoms with Crippen molar-refractivity contribution in [3.8, 4) is 5.75 Å². The molecule has 1 N–H and O–H groups in total. The van der Waals surface area contributed by atoms with E-state index < -0.39 is 5.91 Å². The molecule has 38 heavy (non-hydrogen) atoms. The van der Waals surface area contributed by atoms with Crippen molar-refractivity contribution in [3.05, 3.63) is 107 Å². The predicted molar refractivity (Wildman–Crippen MR) is 154 cm³/mol. The first kappa shape index (κ1) is 23.9. The van der Waals surface area contributed by atoms with Gasteiger partial charge >= 0.3 is 0 Å². The van der Waals surface area contributed by atoms with Crippen LogP contribution in [0.5, 0.6) is 5.75 Å². The Morgan fingerprint density at radius 3 is 2.53 bits per heavy atom. The lowest BCUT2D eigenvalue weighted by Gasteiger charge is -2.20. The van der Waals surface area contributed by atoms with E-state index in [1.54, 1.807) is 6.08 Å². The van der Waals surface area contributed by atoms with Crippen LogP contribution in [0.4, 0.5) is 0 Å². The number of aromatic nitrogens is 1. The molecule has 0 spiro atoms. The van der Waals surface area contributed by atoms with E-state index in [9.17, 15) is 4.79 Å². The zero-order valence-electron chi connectivity index (χ0n) is 21.0. The Morgan fingerprint density at radius 1 is 0.974 bits per heavy atom. The van der Waals surface area contributed by atoms with E-state index in [0.29, 0.717) is 16.8 Å². The molecule has 0 fully saturated rings. The lowest BCUT2D eigenvalue weighted by molar-refractivity contribution is -0.114. The van der Waals surface area contributed by atoms with Gasteiger partial charge in [-0.15, -0.1) is 0 Å². The van der Waals surface area contributed by atoms with E-state index >= 15 is 0 Å². The molecule has 0 saturated heterocycles. The molecule has 1 amide bonds. The number of hydrogen-bond donors (Lipinski definition) is 1. The molecular weight excluding hydrogens is 494 g/mol. The summed E-state index contributed by atoms with van der Waals surface area (Å²) in [4.78, 5) is 17.3. The lowest BCUT2D eigenvalue weighted by atomic mass is 10.1. The predicted octanol–water partition coefficient (Wildman–Crippen LogP) is 6.00. The number of nitrogens with zero attached hydrogens (tertiary/aromatic N) is 4. The molecule has 0 aliphatic carbocycles. The van der Waals surface area contributed by atoms with Crippen molar-refractivity contribution < 1.29 is 9.53 Å². The molecule has 6 rings (SSSR count).